The van der Waals surface area contributed by atoms with E-state index < -0.39 is 0 Å². The van der Waals surface area contributed by atoms with Gasteiger partial charge in [-0.25, -0.2) is 0 Å². The first kappa shape index (κ1) is 15.5. The van der Waals surface area contributed by atoms with E-state index in [1.165, 1.54) is 57.2 Å². The van der Waals surface area contributed by atoms with Crippen molar-refractivity contribution in [3.63, 3.8) is 0 Å². The summed E-state index contributed by atoms with van der Waals surface area (Å²) >= 11 is 0. The summed E-state index contributed by atoms with van der Waals surface area (Å²) in [7, 11) is 0. The maximum Gasteiger partial charge on any atom is 0.251 e. The molecule has 1 amide bonds. The number of nitrogens with one attached hydrogen (secondary N) is 1. The molecular formula is C19H28N2O. The van der Waals surface area contributed by atoms with Crippen LogP contribution >= 0.6 is 0 Å². The van der Waals surface area contributed by atoms with Crippen molar-refractivity contribution in [2.24, 2.45) is 0 Å². The Kier molecular flexibility index (Phi) is 5.49. The molecule has 22 heavy (non-hydrogen) atoms. The van der Waals surface area contributed by atoms with E-state index in [1.54, 1.807) is 0 Å². The fourth-order valence-corrected chi connectivity index (χ4v) is 3.65. The highest BCUT2D eigenvalue weighted by molar-refractivity contribution is 5.94. The molecule has 3 nitrogen and oxygen atoms in total. The average molecular weight is 300 g/mol. The monoisotopic (exact) mass is 300 g/mol. The lowest BCUT2D eigenvalue weighted by atomic mass is 10.1. The molecule has 0 spiro atoms. The number of carbonyl (C=O) groups is 1. The summed E-state index contributed by atoms with van der Waals surface area (Å²) in [5, 5.41) is 3.22. The van der Waals surface area contributed by atoms with Gasteiger partial charge in [0.2, 0.25) is 0 Å². The molecule has 120 valence electrons. The van der Waals surface area contributed by atoms with Crippen molar-refractivity contribution in [3.05, 3.63) is 35.4 Å². The molecule has 1 aliphatic carbocycles. The van der Waals surface area contributed by atoms with Gasteiger partial charge in [0.15, 0.2) is 0 Å². The average Bonchev–Trinajstić information content (AvgIpc) is 2.91. The van der Waals surface area contributed by atoms with Gasteiger partial charge in [-0.15, -0.1) is 0 Å². The summed E-state index contributed by atoms with van der Waals surface area (Å²) < 4.78 is 0. The lowest BCUT2D eigenvalue weighted by Crippen LogP contribution is -2.34. The van der Waals surface area contributed by atoms with Gasteiger partial charge in [-0.1, -0.05) is 37.8 Å². The van der Waals surface area contributed by atoms with Crippen molar-refractivity contribution in [3.8, 4) is 0 Å². The van der Waals surface area contributed by atoms with E-state index in [4.69, 9.17) is 0 Å². The second-order valence-corrected chi connectivity index (χ2v) is 6.84. The molecule has 1 N–H and O–H groups in total. The summed E-state index contributed by atoms with van der Waals surface area (Å²) in [6.07, 6.45) is 10.1. The van der Waals surface area contributed by atoms with Gasteiger partial charge in [0.05, 0.1) is 0 Å². The van der Waals surface area contributed by atoms with Gasteiger partial charge in [-0.2, -0.15) is 0 Å². The largest absolute Gasteiger partial charge is 0.349 e. The predicted molar refractivity (Wildman–Crippen MR) is 89.9 cm³/mol. The Balaban J connectivity index is 1.53. The van der Waals surface area contributed by atoms with Crippen molar-refractivity contribution in [1.29, 1.82) is 0 Å². The highest BCUT2D eigenvalue weighted by atomic mass is 16.1. The number of carbonyl (C=O) groups excluding carboxylic acids is 1. The van der Waals surface area contributed by atoms with Crippen molar-refractivity contribution >= 4 is 5.91 Å². The first-order valence-electron chi connectivity index (χ1n) is 8.93. The molecular weight excluding hydrogens is 272 g/mol. The molecule has 1 aromatic rings. The number of hydrogen-bond donors (Lipinski definition) is 1. The van der Waals surface area contributed by atoms with Crippen LogP contribution < -0.4 is 5.32 Å². The molecule has 3 heteroatoms. The molecule has 1 aromatic carbocycles. The minimum absolute atomic E-state index is 0.0969. The van der Waals surface area contributed by atoms with E-state index in [1.807, 2.05) is 12.1 Å². The number of benzene rings is 1. The van der Waals surface area contributed by atoms with Crippen LogP contribution in [0.4, 0.5) is 0 Å². The van der Waals surface area contributed by atoms with Crippen LogP contribution in [-0.2, 0) is 6.54 Å². The minimum atomic E-state index is 0.0969. The SMILES string of the molecule is O=C(NC1CCCCCC1)c1ccc(CN2CCCC2)cc1. The molecule has 2 fully saturated rings. The first-order valence-corrected chi connectivity index (χ1v) is 8.93. The van der Waals surface area contributed by atoms with Crippen LogP contribution in [0.2, 0.25) is 0 Å². The zero-order valence-electron chi connectivity index (χ0n) is 13.5. The lowest BCUT2D eigenvalue weighted by molar-refractivity contribution is 0.0933. The Bertz CT molecular complexity index is 469. The van der Waals surface area contributed by atoms with Crippen LogP contribution in [0.25, 0.3) is 0 Å². The van der Waals surface area contributed by atoms with Gasteiger partial charge in [0.25, 0.3) is 5.91 Å². The Morgan fingerprint density at radius 1 is 0.955 bits per heavy atom. The van der Waals surface area contributed by atoms with Gasteiger partial charge in [0, 0.05) is 18.2 Å². The smallest absolute Gasteiger partial charge is 0.251 e. The molecule has 1 saturated heterocycles. The molecule has 2 aliphatic rings. The summed E-state index contributed by atoms with van der Waals surface area (Å²) in [5.74, 6) is 0.0969. The number of nitrogens with zero attached hydrogens (tertiary/aromatic N) is 1. The third-order valence-electron chi connectivity index (χ3n) is 5.01. The molecule has 1 saturated carbocycles. The summed E-state index contributed by atoms with van der Waals surface area (Å²) in [6.45, 7) is 3.44. The van der Waals surface area contributed by atoms with Crippen LogP contribution in [0.15, 0.2) is 24.3 Å². The zero-order chi connectivity index (χ0) is 15.2. The van der Waals surface area contributed by atoms with Gasteiger partial charge in [0.1, 0.15) is 0 Å². The third kappa shape index (κ3) is 4.33. The van der Waals surface area contributed by atoms with Gasteiger partial charge >= 0.3 is 0 Å². The van der Waals surface area contributed by atoms with Crippen LogP contribution in [0.5, 0.6) is 0 Å². The van der Waals surface area contributed by atoms with E-state index in [0.717, 1.165) is 24.9 Å². The summed E-state index contributed by atoms with van der Waals surface area (Å²) in [5.41, 5.74) is 2.11. The van der Waals surface area contributed by atoms with Crippen molar-refractivity contribution < 1.29 is 4.79 Å². The molecule has 1 aliphatic heterocycles. The molecule has 0 bridgehead atoms. The number of amides is 1. The number of hydrogen-bond acceptors (Lipinski definition) is 2. The highest BCUT2D eigenvalue weighted by Crippen LogP contribution is 2.18. The van der Waals surface area contributed by atoms with E-state index in [2.05, 4.69) is 22.3 Å². The molecule has 3 rings (SSSR count). The van der Waals surface area contributed by atoms with E-state index >= 15 is 0 Å². The quantitative estimate of drug-likeness (QED) is 0.859. The Hall–Kier alpha value is -1.35. The molecule has 0 unspecified atom stereocenters. The van der Waals surface area contributed by atoms with Crippen LogP contribution in [0, 0.1) is 0 Å². The Morgan fingerprint density at radius 3 is 2.23 bits per heavy atom. The number of rotatable bonds is 4. The normalized spacial score (nSPS) is 20.7. The first-order chi connectivity index (χ1) is 10.8. The van der Waals surface area contributed by atoms with Crippen LogP contribution in [-0.4, -0.2) is 29.9 Å². The molecule has 0 aromatic heterocycles. The molecule has 1 heterocycles. The van der Waals surface area contributed by atoms with E-state index in [9.17, 15) is 4.79 Å². The van der Waals surface area contributed by atoms with E-state index in [-0.39, 0.29) is 5.91 Å². The van der Waals surface area contributed by atoms with Crippen LogP contribution in [0.1, 0.15) is 67.3 Å². The maximum atomic E-state index is 12.4. The fourth-order valence-electron chi connectivity index (χ4n) is 3.65. The molecule has 0 radical (unpaired) electrons. The predicted octanol–water partition coefficient (Wildman–Crippen LogP) is 3.74. The Morgan fingerprint density at radius 2 is 1.59 bits per heavy atom. The van der Waals surface area contributed by atoms with Crippen molar-refractivity contribution in [1.82, 2.24) is 10.2 Å². The van der Waals surface area contributed by atoms with Crippen molar-refractivity contribution in [2.45, 2.75) is 64.0 Å². The second-order valence-electron chi connectivity index (χ2n) is 6.84. The van der Waals surface area contributed by atoms with E-state index in [0.29, 0.717) is 6.04 Å². The lowest BCUT2D eigenvalue weighted by Gasteiger charge is -2.17. The summed E-state index contributed by atoms with van der Waals surface area (Å²) in [6, 6.07) is 8.56. The minimum Gasteiger partial charge on any atom is -0.349 e. The van der Waals surface area contributed by atoms with Gasteiger partial charge in [-0.3, -0.25) is 9.69 Å². The van der Waals surface area contributed by atoms with Gasteiger partial charge < -0.3 is 5.32 Å². The van der Waals surface area contributed by atoms with Gasteiger partial charge in [-0.05, 0) is 56.5 Å². The standard InChI is InChI=1S/C19H28N2O/c22-19(20-18-7-3-1-2-4-8-18)17-11-9-16(10-12-17)15-21-13-5-6-14-21/h9-12,18H,1-8,13-15H2,(H,20,22). The third-order valence-corrected chi connectivity index (χ3v) is 5.01. The maximum absolute atomic E-state index is 12.4. The zero-order valence-corrected chi connectivity index (χ0v) is 13.5. The van der Waals surface area contributed by atoms with Crippen LogP contribution in [0.3, 0.4) is 0 Å². The number of likely N-dealkylation sites (tertiary alicyclic amines) is 1. The highest BCUT2D eigenvalue weighted by Gasteiger charge is 2.16. The van der Waals surface area contributed by atoms with Crippen molar-refractivity contribution in [2.75, 3.05) is 13.1 Å². The Labute approximate surface area is 134 Å². The second kappa shape index (κ2) is 7.77. The molecule has 0 atom stereocenters. The topological polar surface area (TPSA) is 32.3 Å². The summed E-state index contributed by atoms with van der Waals surface area (Å²) in [4.78, 5) is 14.8. The fraction of sp³-hybridized carbons (Fsp3) is 0.632.